The van der Waals surface area contributed by atoms with E-state index in [0.29, 0.717) is 12.1 Å². The van der Waals surface area contributed by atoms with Crippen LogP contribution in [-0.4, -0.2) is 6.54 Å². The lowest BCUT2D eigenvalue weighted by atomic mass is 9.99. The number of rotatable bonds is 2. The third-order valence-corrected chi connectivity index (χ3v) is 4.07. The first-order chi connectivity index (χ1) is 9.66. The lowest BCUT2D eigenvalue weighted by molar-refractivity contribution is 0.598. The number of nitrogens with two attached hydrogens (primary N) is 1. The van der Waals surface area contributed by atoms with Crippen LogP contribution in [0.4, 0.5) is 15.8 Å². The van der Waals surface area contributed by atoms with Crippen molar-refractivity contribution in [3.05, 3.63) is 58.4 Å². The third kappa shape index (κ3) is 2.34. The SMILES string of the molecule is Nc1cccc2c1CCCN2Cc1cccc(Cl)c1F. The maximum atomic E-state index is 14.0. The van der Waals surface area contributed by atoms with Crippen molar-refractivity contribution < 1.29 is 4.39 Å². The molecule has 0 radical (unpaired) electrons. The van der Waals surface area contributed by atoms with Crippen molar-refractivity contribution >= 4 is 23.0 Å². The molecule has 2 aromatic rings. The number of hydrogen-bond acceptors (Lipinski definition) is 2. The highest BCUT2D eigenvalue weighted by molar-refractivity contribution is 6.30. The average Bonchev–Trinajstić information content (AvgIpc) is 2.45. The van der Waals surface area contributed by atoms with Crippen molar-refractivity contribution in [1.29, 1.82) is 0 Å². The summed E-state index contributed by atoms with van der Waals surface area (Å²) in [4.78, 5) is 2.17. The smallest absolute Gasteiger partial charge is 0.146 e. The van der Waals surface area contributed by atoms with Gasteiger partial charge < -0.3 is 10.6 Å². The van der Waals surface area contributed by atoms with Gasteiger partial charge in [0.1, 0.15) is 5.82 Å². The third-order valence-electron chi connectivity index (χ3n) is 3.78. The summed E-state index contributed by atoms with van der Waals surface area (Å²) in [7, 11) is 0. The van der Waals surface area contributed by atoms with Gasteiger partial charge in [-0.05, 0) is 36.6 Å². The fourth-order valence-electron chi connectivity index (χ4n) is 2.77. The Hall–Kier alpha value is -1.74. The fraction of sp³-hybridized carbons (Fsp3) is 0.250. The first-order valence-corrected chi connectivity index (χ1v) is 7.10. The minimum atomic E-state index is -0.329. The summed E-state index contributed by atoms with van der Waals surface area (Å²) in [6.45, 7) is 1.42. The molecule has 0 atom stereocenters. The van der Waals surface area contributed by atoms with Crippen LogP contribution in [0.15, 0.2) is 36.4 Å². The van der Waals surface area contributed by atoms with Crippen molar-refractivity contribution in [3.63, 3.8) is 0 Å². The Kier molecular flexibility index (Phi) is 3.53. The molecular formula is C16H16ClFN2. The standard InChI is InChI=1S/C16H16ClFN2/c17-13-6-1-4-11(16(13)18)10-20-9-3-5-12-14(19)7-2-8-15(12)20/h1-2,4,6-8H,3,5,9-10,19H2. The number of benzene rings is 2. The number of halogens is 2. The second-order valence-electron chi connectivity index (χ2n) is 5.08. The van der Waals surface area contributed by atoms with Gasteiger partial charge in [-0.15, -0.1) is 0 Å². The molecule has 2 nitrogen and oxygen atoms in total. The predicted octanol–water partition coefficient (Wildman–Crippen LogP) is 4.01. The minimum Gasteiger partial charge on any atom is -0.398 e. The summed E-state index contributed by atoms with van der Waals surface area (Å²) < 4.78 is 14.0. The Morgan fingerprint density at radius 3 is 2.85 bits per heavy atom. The van der Waals surface area contributed by atoms with E-state index in [0.717, 1.165) is 30.8 Å². The number of nitrogens with zero attached hydrogens (tertiary/aromatic N) is 1. The van der Waals surface area contributed by atoms with E-state index >= 15 is 0 Å². The van der Waals surface area contributed by atoms with Crippen molar-refractivity contribution in [2.24, 2.45) is 0 Å². The minimum absolute atomic E-state index is 0.173. The van der Waals surface area contributed by atoms with Gasteiger partial charge in [-0.2, -0.15) is 0 Å². The van der Waals surface area contributed by atoms with Crippen LogP contribution in [0.5, 0.6) is 0 Å². The van der Waals surface area contributed by atoms with E-state index in [4.69, 9.17) is 17.3 Å². The van der Waals surface area contributed by atoms with E-state index in [2.05, 4.69) is 4.90 Å². The van der Waals surface area contributed by atoms with E-state index < -0.39 is 0 Å². The molecule has 0 unspecified atom stereocenters. The maximum Gasteiger partial charge on any atom is 0.146 e. The molecular weight excluding hydrogens is 275 g/mol. The van der Waals surface area contributed by atoms with Gasteiger partial charge >= 0.3 is 0 Å². The van der Waals surface area contributed by atoms with E-state index in [-0.39, 0.29) is 10.8 Å². The van der Waals surface area contributed by atoms with Crippen LogP contribution in [0.1, 0.15) is 17.5 Å². The highest BCUT2D eigenvalue weighted by Crippen LogP contribution is 2.32. The van der Waals surface area contributed by atoms with Crippen molar-refractivity contribution in [3.8, 4) is 0 Å². The second kappa shape index (κ2) is 5.33. The Morgan fingerprint density at radius 1 is 1.20 bits per heavy atom. The number of anilines is 2. The molecule has 0 saturated carbocycles. The number of nitrogen functional groups attached to an aromatic ring is 1. The van der Waals surface area contributed by atoms with Gasteiger partial charge in [0.15, 0.2) is 0 Å². The summed E-state index contributed by atoms with van der Waals surface area (Å²) in [5, 5.41) is 0.173. The molecule has 2 aromatic carbocycles. The molecule has 0 bridgehead atoms. The van der Waals surface area contributed by atoms with Crippen LogP contribution >= 0.6 is 11.6 Å². The molecule has 104 valence electrons. The molecule has 3 rings (SSSR count). The lowest BCUT2D eigenvalue weighted by Crippen LogP contribution is -2.29. The van der Waals surface area contributed by atoms with Gasteiger partial charge in [0.25, 0.3) is 0 Å². The quantitative estimate of drug-likeness (QED) is 0.847. The molecule has 0 saturated heterocycles. The van der Waals surface area contributed by atoms with Crippen LogP contribution in [0.25, 0.3) is 0 Å². The monoisotopic (exact) mass is 290 g/mol. The van der Waals surface area contributed by atoms with E-state index in [1.54, 1.807) is 18.2 Å². The lowest BCUT2D eigenvalue weighted by Gasteiger charge is -2.32. The summed E-state index contributed by atoms with van der Waals surface area (Å²) >= 11 is 5.84. The molecule has 0 spiro atoms. The summed E-state index contributed by atoms with van der Waals surface area (Å²) in [6.07, 6.45) is 2.01. The summed E-state index contributed by atoms with van der Waals surface area (Å²) in [6, 6.07) is 11.0. The normalized spacial score (nSPS) is 14.2. The Morgan fingerprint density at radius 2 is 2.00 bits per heavy atom. The number of fused-ring (bicyclic) bond motifs is 1. The Balaban J connectivity index is 1.94. The van der Waals surface area contributed by atoms with Gasteiger partial charge in [0, 0.05) is 30.0 Å². The summed E-state index contributed by atoms with van der Waals surface area (Å²) in [5.41, 5.74) is 9.74. The zero-order chi connectivity index (χ0) is 14.1. The molecule has 2 N–H and O–H groups in total. The molecule has 1 aliphatic heterocycles. The van der Waals surface area contributed by atoms with Gasteiger partial charge in [0.05, 0.1) is 5.02 Å². The second-order valence-corrected chi connectivity index (χ2v) is 5.49. The Bertz CT molecular complexity index is 642. The predicted molar refractivity (Wildman–Crippen MR) is 81.6 cm³/mol. The van der Waals surface area contributed by atoms with Crippen LogP contribution in [-0.2, 0) is 13.0 Å². The largest absolute Gasteiger partial charge is 0.398 e. The molecule has 1 heterocycles. The van der Waals surface area contributed by atoms with Gasteiger partial charge in [-0.3, -0.25) is 0 Å². The van der Waals surface area contributed by atoms with Gasteiger partial charge in [-0.1, -0.05) is 29.8 Å². The maximum absolute atomic E-state index is 14.0. The van der Waals surface area contributed by atoms with Crippen LogP contribution in [0.3, 0.4) is 0 Å². The van der Waals surface area contributed by atoms with Crippen LogP contribution in [0.2, 0.25) is 5.02 Å². The zero-order valence-electron chi connectivity index (χ0n) is 11.1. The fourth-order valence-corrected chi connectivity index (χ4v) is 2.96. The Labute approximate surface area is 123 Å². The molecule has 0 aliphatic carbocycles. The van der Waals surface area contributed by atoms with Crippen LogP contribution < -0.4 is 10.6 Å². The molecule has 0 aromatic heterocycles. The molecule has 1 aliphatic rings. The zero-order valence-corrected chi connectivity index (χ0v) is 11.8. The van der Waals surface area contributed by atoms with Crippen molar-refractivity contribution in [2.45, 2.75) is 19.4 Å². The van der Waals surface area contributed by atoms with Gasteiger partial charge in [0.2, 0.25) is 0 Å². The molecule has 0 amide bonds. The molecule has 0 fully saturated rings. The van der Waals surface area contributed by atoms with E-state index in [1.165, 1.54) is 5.56 Å². The molecule has 4 heteroatoms. The van der Waals surface area contributed by atoms with E-state index in [1.807, 2.05) is 18.2 Å². The van der Waals surface area contributed by atoms with Crippen LogP contribution in [0, 0.1) is 5.82 Å². The van der Waals surface area contributed by atoms with Crippen molar-refractivity contribution in [1.82, 2.24) is 0 Å². The van der Waals surface area contributed by atoms with E-state index in [9.17, 15) is 4.39 Å². The highest BCUT2D eigenvalue weighted by Gasteiger charge is 2.20. The summed E-state index contributed by atoms with van der Waals surface area (Å²) in [5.74, 6) is -0.329. The number of hydrogen-bond donors (Lipinski definition) is 1. The van der Waals surface area contributed by atoms with Gasteiger partial charge in [-0.25, -0.2) is 4.39 Å². The first-order valence-electron chi connectivity index (χ1n) is 6.72. The average molecular weight is 291 g/mol. The topological polar surface area (TPSA) is 29.3 Å². The van der Waals surface area contributed by atoms with Crippen molar-refractivity contribution in [2.75, 3.05) is 17.2 Å². The first kappa shape index (κ1) is 13.3. The highest BCUT2D eigenvalue weighted by atomic mass is 35.5. The molecule has 20 heavy (non-hydrogen) atoms.